The third-order valence-corrected chi connectivity index (χ3v) is 10.1. The molecule has 4 aromatic heterocycles. The molecule has 0 saturated carbocycles. The fourth-order valence-corrected chi connectivity index (χ4v) is 7.47. The Morgan fingerprint density at radius 3 is 1.33 bits per heavy atom. The maximum Gasteiger partial charge on any atom is 0.0825 e. The molecule has 0 fully saturated rings. The fraction of sp³-hybridized carbons (Fsp3) is 0. The van der Waals surface area contributed by atoms with Gasteiger partial charge in [0.05, 0.1) is 43.6 Å². The van der Waals surface area contributed by atoms with E-state index < -0.39 is 0 Å². The van der Waals surface area contributed by atoms with Gasteiger partial charge >= 0.3 is 0 Å². The molecule has 46 heavy (non-hydrogen) atoms. The van der Waals surface area contributed by atoms with Gasteiger partial charge in [0.2, 0.25) is 0 Å². The van der Waals surface area contributed by atoms with Crippen molar-refractivity contribution in [3.63, 3.8) is 0 Å². The molecule has 0 atom stereocenters. The summed E-state index contributed by atoms with van der Waals surface area (Å²) < 4.78 is 0. The number of nitrogens with zero attached hydrogens (tertiary/aromatic N) is 4. The molecule has 0 aliphatic carbocycles. The summed E-state index contributed by atoms with van der Waals surface area (Å²) in [6.07, 6.45) is 3.75. The van der Waals surface area contributed by atoms with Crippen LogP contribution >= 0.6 is 22.7 Å². The molecule has 9 aromatic rings. The quantitative estimate of drug-likeness (QED) is 0.179. The van der Waals surface area contributed by atoms with Gasteiger partial charge in [-0.2, -0.15) is 0 Å². The van der Waals surface area contributed by atoms with Crippen molar-refractivity contribution in [3.8, 4) is 54.8 Å². The summed E-state index contributed by atoms with van der Waals surface area (Å²) in [6, 6.07) is 43.4. The van der Waals surface area contributed by atoms with Crippen molar-refractivity contribution in [3.05, 3.63) is 145 Å². The normalized spacial score (nSPS) is 11.5. The van der Waals surface area contributed by atoms with Crippen molar-refractivity contribution in [2.24, 2.45) is 0 Å². The third-order valence-electron chi connectivity index (χ3n) is 8.50. The molecule has 0 spiro atoms. The number of thiazole rings is 2. The number of hydrogen-bond acceptors (Lipinski definition) is 6. The summed E-state index contributed by atoms with van der Waals surface area (Å²) in [5.74, 6) is 0. The van der Waals surface area contributed by atoms with Crippen LogP contribution in [-0.4, -0.2) is 19.9 Å². The second kappa shape index (κ2) is 11.1. The standard InChI is InChI=1S/C40H24N4S2/c1-2-6-25(7-3-1)26-12-15-31-32-19-27(35-8-4-10-37(43-35)39-21-41-23-45-39)13-16-29(32)30-17-14-28(20-34(30)33(31)18-26)36-9-5-11-38(44-36)40-22-42-24-46-40/h1-24H. The van der Waals surface area contributed by atoms with Crippen molar-refractivity contribution in [1.82, 2.24) is 19.9 Å². The zero-order valence-electron chi connectivity index (χ0n) is 24.5. The molecular formula is C40H24N4S2. The Labute approximate surface area is 273 Å². The Morgan fingerprint density at radius 1 is 0.348 bits per heavy atom. The number of hydrogen-bond donors (Lipinski definition) is 0. The van der Waals surface area contributed by atoms with E-state index in [1.54, 1.807) is 22.7 Å². The highest BCUT2D eigenvalue weighted by molar-refractivity contribution is 7.13. The van der Waals surface area contributed by atoms with E-state index in [1.807, 2.05) is 35.5 Å². The maximum absolute atomic E-state index is 5.03. The average Bonchev–Trinajstić information content (AvgIpc) is 3.88. The van der Waals surface area contributed by atoms with E-state index in [9.17, 15) is 0 Å². The van der Waals surface area contributed by atoms with Crippen molar-refractivity contribution < 1.29 is 0 Å². The van der Waals surface area contributed by atoms with E-state index in [0.717, 1.165) is 43.7 Å². The molecule has 0 bridgehead atoms. The molecule has 5 aromatic carbocycles. The van der Waals surface area contributed by atoms with Gasteiger partial charge in [0, 0.05) is 23.5 Å². The predicted octanol–water partition coefficient (Wildman–Crippen LogP) is 11.2. The lowest BCUT2D eigenvalue weighted by molar-refractivity contribution is 1.33. The molecular weight excluding hydrogens is 601 g/mol. The van der Waals surface area contributed by atoms with Crippen LogP contribution in [0.1, 0.15) is 0 Å². The first kappa shape index (κ1) is 26.8. The summed E-state index contributed by atoms with van der Waals surface area (Å²) >= 11 is 3.21. The zero-order valence-corrected chi connectivity index (χ0v) is 26.1. The number of pyridine rings is 2. The van der Waals surface area contributed by atoms with Crippen LogP contribution in [0.4, 0.5) is 0 Å². The van der Waals surface area contributed by atoms with Gasteiger partial charge in [0.1, 0.15) is 0 Å². The van der Waals surface area contributed by atoms with Gasteiger partial charge < -0.3 is 0 Å². The van der Waals surface area contributed by atoms with Crippen LogP contribution < -0.4 is 0 Å². The molecule has 0 unspecified atom stereocenters. The van der Waals surface area contributed by atoms with Crippen LogP contribution in [0.2, 0.25) is 0 Å². The highest BCUT2D eigenvalue weighted by Crippen LogP contribution is 2.40. The minimum atomic E-state index is 0.940. The first-order valence-electron chi connectivity index (χ1n) is 15.0. The van der Waals surface area contributed by atoms with Gasteiger partial charge in [0.15, 0.2) is 0 Å². The van der Waals surface area contributed by atoms with E-state index in [2.05, 4.69) is 119 Å². The molecule has 4 nitrogen and oxygen atoms in total. The molecule has 0 N–H and O–H groups in total. The van der Waals surface area contributed by atoms with Crippen molar-refractivity contribution in [2.45, 2.75) is 0 Å². The Morgan fingerprint density at radius 2 is 0.804 bits per heavy atom. The van der Waals surface area contributed by atoms with Crippen LogP contribution in [0.5, 0.6) is 0 Å². The number of benzene rings is 5. The van der Waals surface area contributed by atoms with Crippen LogP contribution in [0.25, 0.3) is 87.1 Å². The predicted molar refractivity (Wildman–Crippen MR) is 193 cm³/mol. The second-order valence-corrected chi connectivity index (χ2v) is 13.0. The minimum absolute atomic E-state index is 0.940. The largest absolute Gasteiger partial charge is 0.252 e. The van der Waals surface area contributed by atoms with E-state index in [0.29, 0.717) is 0 Å². The smallest absolute Gasteiger partial charge is 0.0825 e. The summed E-state index contributed by atoms with van der Waals surface area (Å²) in [5.41, 5.74) is 12.0. The van der Waals surface area contributed by atoms with Crippen LogP contribution in [0, 0.1) is 0 Å². The molecule has 216 valence electrons. The summed E-state index contributed by atoms with van der Waals surface area (Å²) in [6.45, 7) is 0. The summed E-state index contributed by atoms with van der Waals surface area (Å²) in [4.78, 5) is 20.7. The van der Waals surface area contributed by atoms with E-state index in [4.69, 9.17) is 9.97 Å². The number of fused-ring (bicyclic) bond motifs is 6. The molecule has 0 aliphatic heterocycles. The van der Waals surface area contributed by atoms with Crippen molar-refractivity contribution in [2.75, 3.05) is 0 Å². The van der Waals surface area contributed by atoms with Gasteiger partial charge in [0.25, 0.3) is 0 Å². The van der Waals surface area contributed by atoms with E-state index in [-0.39, 0.29) is 0 Å². The van der Waals surface area contributed by atoms with Gasteiger partial charge in [-0.05, 0) is 85.9 Å². The number of rotatable bonds is 5. The molecule has 0 radical (unpaired) electrons. The lowest BCUT2D eigenvalue weighted by atomic mass is 9.90. The van der Waals surface area contributed by atoms with Gasteiger partial charge in [-0.25, -0.2) is 9.97 Å². The van der Waals surface area contributed by atoms with Gasteiger partial charge in [-0.3, -0.25) is 9.97 Å². The Kier molecular flexibility index (Phi) is 6.47. The molecule has 4 heterocycles. The first-order valence-corrected chi connectivity index (χ1v) is 16.8. The molecule has 0 saturated heterocycles. The van der Waals surface area contributed by atoms with E-state index >= 15 is 0 Å². The minimum Gasteiger partial charge on any atom is -0.252 e. The Bertz CT molecular complexity index is 2520. The fourth-order valence-electron chi connectivity index (χ4n) is 6.28. The van der Waals surface area contributed by atoms with E-state index in [1.165, 1.54) is 43.4 Å². The zero-order chi connectivity index (χ0) is 30.5. The average molecular weight is 625 g/mol. The molecule has 0 amide bonds. The lowest BCUT2D eigenvalue weighted by Crippen LogP contribution is -1.90. The Hall–Kier alpha value is -5.56. The molecule has 0 aliphatic rings. The Balaban J connectivity index is 1.27. The molecule has 9 rings (SSSR count). The summed E-state index contributed by atoms with van der Waals surface area (Å²) in [7, 11) is 0. The highest BCUT2D eigenvalue weighted by atomic mass is 32.1. The van der Waals surface area contributed by atoms with Crippen LogP contribution in [0.15, 0.2) is 145 Å². The third kappa shape index (κ3) is 4.67. The van der Waals surface area contributed by atoms with Crippen LogP contribution in [-0.2, 0) is 0 Å². The second-order valence-electron chi connectivity index (χ2n) is 11.2. The maximum atomic E-state index is 5.03. The van der Waals surface area contributed by atoms with Gasteiger partial charge in [-0.15, -0.1) is 22.7 Å². The van der Waals surface area contributed by atoms with Crippen molar-refractivity contribution in [1.29, 1.82) is 0 Å². The number of aromatic nitrogens is 4. The summed E-state index contributed by atoms with van der Waals surface area (Å²) in [5, 5.41) is 7.28. The van der Waals surface area contributed by atoms with Crippen molar-refractivity contribution >= 4 is 55.0 Å². The SMILES string of the molecule is c1ccc(-c2ccc3c(c2)c2cc(-c4cccc(-c5cncs5)n4)ccc2c2ccc(-c4cccc(-c5cncs5)n4)cc23)cc1. The van der Waals surface area contributed by atoms with Crippen LogP contribution in [0.3, 0.4) is 0 Å². The van der Waals surface area contributed by atoms with Gasteiger partial charge in [-0.1, -0.05) is 78.9 Å². The highest BCUT2D eigenvalue weighted by Gasteiger charge is 2.14. The first-order chi connectivity index (χ1) is 22.8. The topological polar surface area (TPSA) is 51.6 Å². The molecule has 6 heteroatoms. The monoisotopic (exact) mass is 624 g/mol. The lowest BCUT2D eigenvalue weighted by Gasteiger charge is -2.15.